The van der Waals surface area contributed by atoms with Crippen molar-refractivity contribution in [1.29, 1.82) is 0 Å². The Hall–Kier alpha value is -0.0900. The van der Waals surface area contributed by atoms with Gasteiger partial charge in [0, 0.05) is 0 Å². The van der Waals surface area contributed by atoms with E-state index < -0.39 is 12.1 Å². The second kappa shape index (κ2) is 7.37. The SMILES string of the molecule is CC(C)OC(=O)[C@H](O)[C@H](Br)CC1CCCCC1. The zero-order valence-corrected chi connectivity index (χ0v) is 12.3. The first kappa shape index (κ1) is 15.0. The number of alkyl halides is 1. The highest BCUT2D eigenvalue weighted by atomic mass is 79.9. The van der Waals surface area contributed by atoms with Gasteiger partial charge in [0.05, 0.1) is 10.9 Å². The summed E-state index contributed by atoms with van der Waals surface area (Å²) in [5, 5.41) is 9.84. The van der Waals surface area contributed by atoms with Gasteiger partial charge >= 0.3 is 5.97 Å². The average Bonchev–Trinajstić information content (AvgIpc) is 2.28. The van der Waals surface area contributed by atoms with Crippen LogP contribution in [0.5, 0.6) is 0 Å². The molecule has 1 rings (SSSR count). The fraction of sp³-hybridized carbons (Fsp3) is 0.923. The van der Waals surface area contributed by atoms with Crippen LogP contribution in [0.3, 0.4) is 0 Å². The zero-order valence-electron chi connectivity index (χ0n) is 10.7. The lowest BCUT2D eigenvalue weighted by Crippen LogP contribution is -2.34. The molecule has 1 aliphatic carbocycles. The molecule has 0 aliphatic heterocycles. The molecule has 0 saturated heterocycles. The number of aliphatic hydroxyl groups excluding tert-OH is 1. The van der Waals surface area contributed by atoms with Crippen LogP contribution in [0, 0.1) is 5.92 Å². The zero-order chi connectivity index (χ0) is 12.8. The number of carbonyl (C=O) groups excluding carboxylic acids is 1. The lowest BCUT2D eigenvalue weighted by atomic mass is 9.85. The third-order valence-corrected chi connectivity index (χ3v) is 4.09. The van der Waals surface area contributed by atoms with E-state index in [0.29, 0.717) is 5.92 Å². The summed E-state index contributed by atoms with van der Waals surface area (Å²) in [7, 11) is 0. The molecule has 0 bridgehead atoms. The first-order valence-corrected chi connectivity index (χ1v) is 7.45. The summed E-state index contributed by atoms with van der Waals surface area (Å²) >= 11 is 3.42. The molecule has 1 fully saturated rings. The maximum atomic E-state index is 11.5. The quantitative estimate of drug-likeness (QED) is 0.627. The monoisotopic (exact) mass is 306 g/mol. The predicted octanol–water partition coefficient (Wildman–Crippen LogP) is 3.03. The topological polar surface area (TPSA) is 46.5 Å². The van der Waals surface area contributed by atoms with Crippen LogP contribution in [-0.2, 0) is 9.53 Å². The number of halogens is 1. The van der Waals surface area contributed by atoms with Crippen LogP contribution in [0.25, 0.3) is 0 Å². The van der Waals surface area contributed by atoms with Gasteiger partial charge in [-0.05, 0) is 26.2 Å². The minimum Gasteiger partial charge on any atom is -0.461 e. The molecule has 0 aromatic carbocycles. The van der Waals surface area contributed by atoms with E-state index in [4.69, 9.17) is 4.74 Å². The Morgan fingerprint density at radius 2 is 1.94 bits per heavy atom. The maximum absolute atomic E-state index is 11.5. The van der Waals surface area contributed by atoms with E-state index in [-0.39, 0.29) is 10.9 Å². The molecule has 17 heavy (non-hydrogen) atoms. The number of ether oxygens (including phenoxy) is 1. The van der Waals surface area contributed by atoms with E-state index in [0.717, 1.165) is 6.42 Å². The Labute approximate surface area is 112 Å². The molecular formula is C13H23BrO3. The third-order valence-electron chi connectivity index (χ3n) is 3.22. The van der Waals surface area contributed by atoms with Crippen molar-refractivity contribution in [2.45, 2.75) is 69.4 Å². The van der Waals surface area contributed by atoms with E-state index in [1.807, 2.05) is 0 Å². The molecule has 3 nitrogen and oxygen atoms in total. The van der Waals surface area contributed by atoms with Crippen LogP contribution in [0.4, 0.5) is 0 Å². The van der Waals surface area contributed by atoms with Gasteiger partial charge in [0.15, 0.2) is 6.10 Å². The number of hydrogen-bond donors (Lipinski definition) is 1. The van der Waals surface area contributed by atoms with Gasteiger partial charge in [0.2, 0.25) is 0 Å². The molecule has 0 heterocycles. The van der Waals surface area contributed by atoms with Crippen molar-refractivity contribution in [1.82, 2.24) is 0 Å². The second-order valence-corrected chi connectivity index (χ2v) is 6.36. The number of aliphatic hydroxyl groups is 1. The summed E-state index contributed by atoms with van der Waals surface area (Å²) in [6, 6.07) is 0. The highest BCUT2D eigenvalue weighted by Crippen LogP contribution is 2.30. The van der Waals surface area contributed by atoms with Crippen molar-refractivity contribution in [3.63, 3.8) is 0 Å². The summed E-state index contributed by atoms with van der Waals surface area (Å²) < 4.78 is 5.00. The lowest BCUT2D eigenvalue weighted by Gasteiger charge is -2.25. The Kier molecular flexibility index (Phi) is 6.49. The number of carbonyl (C=O) groups is 1. The summed E-state index contributed by atoms with van der Waals surface area (Å²) in [5.41, 5.74) is 0. The van der Waals surface area contributed by atoms with Gasteiger partial charge < -0.3 is 9.84 Å². The van der Waals surface area contributed by atoms with Crippen molar-refractivity contribution >= 4 is 21.9 Å². The smallest absolute Gasteiger partial charge is 0.336 e. The Balaban J connectivity index is 2.34. The van der Waals surface area contributed by atoms with Crippen molar-refractivity contribution in [3.05, 3.63) is 0 Å². The number of rotatable bonds is 5. The Morgan fingerprint density at radius 3 is 2.47 bits per heavy atom. The van der Waals surface area contributed by atoms with E-state index in [2.05, 4.69) is 15.9 Å². The summed E-state index contributed by atoms with van der Waals surface area (Å²) in [6.07, 6.45) is 5.94. The van der Waals surface area contributed by atoms with E-state index >= 15 is 0 Å². The average molecular weight is 307 g/mol. The highest BCUT2D eigenvalue weighted by Gasteiger charge is 2.28. The normalized spacial score (nSPS) is 21.2. The van der Waals surface area contributed by atoms with Crippen molar-refractivity contribution in [3.8, 4) is 0 Å². The Morgan fingerprint density at radius 1 is 1.35 bits per heavy atom. The first-order chi connectivity index (χ1) is 8.00. The summed E-state index contributed by atoms with van der Waals surface area (Å²) in [4.78, 5) is 11.4. The lowest BCUT2D eigenvalue weighted by molar-refractivity contribution is -0.157. The van der Waals surface area contributed by atoms with E-state index in [1.54, 1.807) is 13.8 Å². The van der Waals surface area contributed by atoms with Crippen LogP contribution in [-0.4, -0.2) is 28.1 Å². The molecule has 1 saturated carbocycles. The van der Waals surface area contributed by atoms with Crippen molar-refractivity contribution in [2.24, 2.45) is 5.92 Å². The van der Waals surface area contributed by atoms with Gasteiger partial charge in [-0.15, -0.1) is 0 Å². The molecule has 0 spiro atoms. The van der Waals surface area contributed by atoms with Gasteiger partial charge in [0.25, 0.3) is 0 Å². The molecule has 0 aromatic heterocycles. The predicted molar refractivity (Wildman–Crippen MR) is 71.1 cm³/mol. The molecule has 0 aromatic rings. The molecule has 0 unspecified atom stereocenters. The first-order valence-electron chi connectivity index (χ1n) is 6.53. The third kappa shape index (κ3) is 5.38. The largest absolute Gasteiger partial charge is 0.461 e. The molecule has 0 radical (unpaired) electrons. The van der Waals surface area contributed by atoms with E-state index in [1.165, 1.54) is 32.1 Å². The molecule has 100 valence electrons. The summed E-state index contributed by atoms with van der Waals surface area (Å²) in [5.74, 6) is 0.118. The van der Waals surface area contributed by atoms with Crippen LogP contribution in [0.2, 0.25) is 0 Å². The molecule has 2 atom stereocenters. The van der Waals surface area contributed by atoms with Crippen molar-refractivity contribution < 1.29 is 14.6 Å². The molecule has 1 N–H and O–H groups in total. The minimum atomic E-state index is -1.04. The summed E-state index contributed by atoms with van der Waals surface area (Å²) in [6.45, 7) is 3.57. The van der Waals surface area contributed by atoms with Crippen LogP contribution >= 0.6 is 15.9 Å². The fourth-order valence-electron chi connectivity index (χ4n) is 2.32. The van der Waals surface area contributed by atoms with Gasteiger partial charge in [-0.1, -0.05) is 48.0 Å². The maximum Gasteiger partial charge on any atom is 0.336 e. The van der Waals surface area contributed by atoms with E-state index in [9.17, 15) is 9.90 Å². The van der Waals surface area contributed by atoms with Crippen LogP contribution in [0.1, 0.15) is 52.4 Å². The Bertz CT molecular complexity index is 237. The minimum absolute atomic E-state index is 0.175. The van der Waals surface area contributed by atoms with Gasteiger partial charge in [-0.3, -0.25) is 0 Å². The van der Waals surface area contributed by atoms with Crippen LogP contribution < -0.4 is 0 Å². The number of esters is 1. The standard InChI is InChI=1S/C13H23BrO3/c1-9(2)17-13(16)12(15)11(14)8-10-6-4-3-5-7-10/h9-12,15H,3-8H2,1-2H3/t11-,12-/m1/s1. The molecule has 4 heteroatoms. The van der Waals surface area contributed by atoms with Gasteiger partial charge in [0.1, 0.15) is 0 Å². The molecule has 1 aliphatic rings. The van der Waals surface area contributed by atoms with Crippen LogP contribution in [0.15, 0.2) is 0 Å². The number of hydrogen-bond acceptors (Lipinski definition) is 3. The molecule has 0 amide bonds. The van der Waals surface area contributed by atoms with Crippen molar-refractivity contribution in [2.75, 3.05) is 0 Å². The van der Waals surface area contributed by atoms with Gasteiger partial charge in [-0.25, -0.2) is 4.79 Å². The fourth-order valence-corrected chi connectivity index (χ4v) is 3.06. The highest BCUT2D eigenvalue weighted by molar-refractivity contribution is 9.09. The van der Waals surface area contributed by atoms with Gasteiger partial charge in [-0.2, -0.15) is 0 Å². The second-order valence-electron chi connectivity index (χ2n) is 5.19. The molecular weight excluding hydrogens is 284 g/mol.